The highest BCUT2D eigenvalue weighted by Gasteiger charge is 2.38. The molecule has 0 amide bonds. The van der Waals surface area contributed by atoms with E-state index in [2.05, 4.69) is 16.8 Å². The fourth-order valence-electron chi connectivity index (χ4n) is 4.18. The average Bonchev–Trinajstić information content (AvgIpc) is 2.98. The molecule has 1 aliphatic carbocycles. The summed E-state index contributed by atoms with van der Waals surface area (Å²) in [5, 5.41) is 3.40. The van der Waals surface area contributed by atoms with Gasteiger partial charge in [0.2, 0.25) is 5.95 Å². The predicted octanol–water partition coefficient (Wildman–Crippen LogP) is 4.44. The van der Waals surface area contributed by atoms with Crippen LogP contribution in [0, 0.1) is 11.7 Å². The van der Waals surface area contributed by atoms with Crippen LogP contribution >= 0.6 is 0 Å². The molecular weight excluding hydrogens is 329 g/mol. The monoisotopic (exact) mass is 347 g/mol. The Kier molecular flexibility index (Phi) is 3.26. The van der Waals surface area contributed by atoms with Gasteiger partial charge in [-0.2, -0.15) is 0 Å². The normalized spacial score (nSPS) is 22.2. The molecule has 2 aromatic carbocycles. The third-order valence-corrected chi connectivity index (χ3v) is 5.29. The molecule has 1 aliphatic heterocycles. The number of ketones is 1. The van der Waals surface area contributed by atoms with Crippen molar-refractivity contribution in [1.29, 1.82) is 0 Å². The molecule has 0 saturated carbocycles. The lowest BCUT2D eigenvalue weighted by Crippen LogP contribution is -2.33. The van der Waals surface area contributed by atoms with Gasteiger partial charge in [0, 0.05) is 17.7 Å². The topological polar surface area (TPSA) is 46.9 Å². The minimum Gasteiger partial charge on any atom is -0.329 e. The molecule has 2 aliphatic rings. The van der Waals surface area contributed by atoms with E-state index in [1.54, 1.807) is 12.1 Å². The van der Waals surface area contributed by atoms with E-state index in [0.29, 0.717) is 12.3 Å². The first kappa shape index (κ1) is 15.3. The average molecular weight is 347 g/mol. The number of Topliss-reactive ketones (excluding diaryl/α,β-unsaturated/α-hetero) is 1. The first-order chi connectivity index (χ1) is 12.6. The largest absolute Gasteiger partial charge is 0.329 e. The number of rotatable bonds is 1. The van der Waals surface area contributed by atoms with Gasteiger partial charge in [0.25, 0.3) is 0 Å². The number of carbonyl (C=O) groups excluding carboxylic acids is 1. The van der Waals surface area contributed by atoms with Crippen LogP contribution in [0.5, 0.6) is 0 Å². The number of nitrogens with one attached hydrogen (secondary N) is 1. The molecule has 0 radical (unpaired) electrons. The number of carbonyl (C=O) groups is 1. The van der Waals surface area contributed by atoms with Gasteiger partial charge in [0.1, 0.15) is 5.82 Å². The summed E-state index contributed by atoms with van der Waals surface area (Å²) >= 11 is 0. The number of para-hydroxylation sites is 2. The van der Waals surface area contributed by atoms with Crippen molar-refractivity contribution in [1.82, 2.24) is 9.55 Å². The van der Waals surface area contributed by atoms with Crippen LogP contribution < -0.4 is 5.32 Å². The first-order valence-electron chi connectivity index (χ1n) is 8.87. The Balaban J connectivity index is 1.79. The number of hydrogen-bond donors (Lipinski definition) is 1. The third kappa shape index (κ3) is 2.20. The van der Waals surface area contributed by atoms with Crippen LogP contribution in [-0.2, 0) is 4.79 Å². The van der Waals surface area contributed by atoms with Crippen molar-refractivity contribution in [3.63, 3.8) is 0 Å². The minimum absolute atomic E-state index is 0.156. The van der Waals surface area contributed by atoms with Crippen LogP contribution in [0.1, 0.15) is 31.4 Å². The molecular formula is C21H18FN3O. The number of nitrogens with zero attached hydrogens (tertiary/aromatic N) is 2. The Bertz CT molecular complexity index is 1060. The zero-order chi connectivity index (χ0) is 17.8. The maximum Gasteiger partial charge on any atom is 0.209 e. The van der Waals surface area contributed by atoms with E-state index < -0.39 is 0 Å². The number of hydrogen-bond acceptors (Lipinski definition) is 3. The molecule has 130 valence electrons. The van der Waals surface area contributed by atoms with E-state index in [0.717, 1.165) is 40.2 Å². The van der Waals surface area contributed by atoms with E-state index in [-0.39, 0.29) is 17.6 Å². The van der Waals surface area contributed by atoms with Crippen molar-refractivity contribution in [3.05, 3.63) is 71.2 Å². The minimum atomic E-state index is -0.283. The second kappa shape index (κ2) is 5.53. The molecule has 1 N–H and O–H groups in total. The molecule has 5 heteroatoms. The highest BCUT2D eigenvalue weighted by atomic mass is 19.1. The van der Waals surface area contributed by atoms with Crippen LogP contribution in [0.3, 0.4) is 0 Å². The van der Waals surface area contributed by atoms with Crippen molar-refractivity contribution >= 4 is 22.8 Å². The third-order valence-electron chi connectivity index (χ3n) is 5.29. The van der Waals surface area contributed by atoms with Crippen molar-refractivity contribution in [2.75, 3.05) is 5.32 Å². The lowest BCUT2D eigenvalue weighted by molar-refractivity contribution is -0.117. The van der Waals surface area contributed by atoms with E-state index >= 15 is 0 Å². The predicted molar refractivity (Wildman–Crippen MR) is 98.3 cm³/mol. The second-order valence-corrected chi connectivity index (χ2v) is 7.20. The molecule has 0 spiro atoms. The van der Waals surface area contributed by atoms with Gasteiger partial charge in [0.15, 0.2) is 5.78 Å². The zero-order valence-electron chi connectivity index (χ0n) is 14.4. The zero-order valence-corrected chi connectivity index (χ0v) is 14.4. The van der Waals surface area contributed by atoms with Crippen LogP contribution in [0.15, 0.2) is 59.8 Å². The van der Waals surface area contributed by atoms with E-state index in [1.807, 2.05) is 24.3 Å². The Morgan fingerprint density at radius 3 is 2.69 bits per heavy atom. The fourth-order valence-corrected chi connectivity index (χ4v) is 4.18. The first-order valence-corrected chi connectivity index (χ1v) is 8.87. The van der Waals surface area contributed by atoms with Crippen molar-refractivity contribution in [2.45, 2.75) is 25.8 Å². The number of aromatic nitrogens is 2. The summed E-state index contributed by atoms with van der Waals surface area (Å²) in [4.78, 5) is 17.7. The fraction of sp³-hybridized carbons (Fsp3) is 0.238. The highest BCUT2D eigenvalue weighted by molar-refractivity contribution is 6.00. The van der Waals surface area contributed by atoms with Crippen molar-refractivity contribution in [3.8, 4) is 0 Å². The molecule has 2 atom stereocenters. The van der Waals surface area contributed by atoms with Gasteiger partial charge in [-0.1, -0.05) is 31.2 Å². The van der Waals surface area contributed by atoms with Gasteiger partial charge in [-0.25, -0.2) is 9.37 Å². The van der Waals surface area contributed by atoms with E-state index in [1.165, 1.54) is 12.1 Å². The number of allylic oxidation sites excluding steroid dienone is 2. The van der Waals surface area contributed by atoms with Gasteiger partial charge in [-0.05, 0) is 42.2 Å². The molecule has 0 unspecified atom stereocenters. The molecule has 5 rings (SSSR count). The summed E-state index contributed by atoms with van der Waals surface area (Å²) in [5.41, 5.74) is 4.47. The Labute approximate surface area is 150 Å². The van der Waals surface area contributed by atoms with Gasteiger partial charge in [0.05, 0.1) is 17.1 Å². The number of benzene rings is 2. The number of halogens is 1. The smallest absolute Gasteiger partial charge is 0.209 e. The van der Waals surface area contributed by atoms with Crippen molar-refractivity contribution in [2.24, 2.45) is 5.92 Å². The SMILES string of the molecule is C[C@H]1CC(=O)C2=C(C1)Nc1nc3ccccc3n1[C@H]2c1ccc(F)cc1. The van der Waals surface area contributed by atoms with Crippen LogP contribution in [0.2, 0.25) is 0 Å². The number of imidazole rings is 1. The molecule has 4 nitrogen and oxygen atoms in total. The Hall–Kier alpha value is -2.95. The molecule has 0 saturated heterocycles. The van der Waals surface area contributed by atoms with Crippen LogP contribution in [-0.4, -0.2) is 15.3 Å². The summed E-state index contributed by atoms with van der Waals surface area (Å²) in [7, 11) is 0. The Morgan fingerprint density at radius 2 is 1.88 bits per heavy atom. The lowest BCUT2D eigenvalue weighted by Gasteiger charge is -2.35. The van der Waals surface area contributed by atoms with Crippen LogP contribution in [0.25, 0.3) is 11.0 Å². The quantitative estimate of drug-likeness (QED) is 0.708. The maximum absolute atomic E-state index is 13.5. The standard InChI is InChI=1S/C21H18FN3O/c1-12-10-16-19(18(26)11-12)20(13-6-8-14(22)9-7-13)25-17-5-3-2-4-15(17)23-21(25)24-16/h2-9,12,20H,10-11H2,1H3,(H,23,24)/t12-,20+/m1/s1. The maximum atomic E-state index is 13.5. The summed E-state index contributed by atoms with van der Waals surface area (Å²) in [5.74, 6) is 0.917. The van der Waals surface area contributed by atoms with Crippen molar-refractivity contribution < 1.29 is 9.18 Å². The van der Waals surface area contributed by atoms with Gasteiger partial charge in [-0.15, -0.1) is 0 Å². The summed E-state index contributed by atoms with van der Waals surface area (Å²) in [6, 6.07) is 14.0. The molecule has 1 aromatic heterocycles. The van der Waals surface area contributed by atoms with E-state index in [4.69, 9.17) is 4.98 Å². The van der Waals surface area contributed by atoms with Crippen LogP contribution in [0.4, 0.5) is 10.3 Å². The lowest BCUT2D eigenvalue weighted by atomic mass is 9.81. The molecule has 26 heavy (non-hydrogen) atoms. The summed E-state index contributed by atoms with van der Waals surface area (Å²) < 4.78 is 15.6. The number of fused-ring (bicyclic) bond motifs is 3. The van der Waals surface area contributed by atoms with E-state index in [9.17, 15) is 9.18 Å². The number of anilines is 1. The molecule has 0 fully saturated rings. The molecule has 2 heterocycles. The second-order valence-electron chi connectivity index (χ2n) is 7.20. The highest BCUT2D eigenvalue weighted by Crippen LogP contribution is 2.43. The molecule has 0 bridgehead atoms. The molecule has 3 aromatic rings. The van der Waals surface area contributed by atoms with Gasteiger partial charge in [-0.3, -0.25) is 9.36 Å². The Morgan fingerprint density at radius 1 is 1.12 bits per heavy atom. The van der Waals surface area contributed by atoms with Gasteiger partial charge >= 0.3 is 0 Å². The van der Waals surface area contributed by atoms with Gasteiger partial charge < -0.3 is 5.32 Å². The summed E-state index contributed by atoms with van der Waals surface area (Å²) in [6.45, 7) is 2.09. The summed E-state index contributed by atoms with van der Waals surface area (Å²) in [6.07, 6.45) is 1.36.